The van der Waals surface area contributed by atoms with Crippen molar-refractivity contribution in [1.82, 2.24) is 0 Å². The summed E-state index contributed by atoms with van der Waals surface area (Å²) in [6.45, 7) is 2.26. The monoisotopic (exact) mass is 436 g/mol. The fourth-order valence-corrected chi connectivity index (χ4v) is 6.92. The number of carbonyl (C=O) groups excluding carboxylic acids is 1. The van der Waals surface area contributed by atoms with Crippen molar-refractivity contribution in [3.63, 3.8) is 0 Å². The van der Waals surface area contributed by atoms with Crippen LogP contribution in [0.15, 0.2) is 45.6 Å². The molecule has 7 heteroatoms. The number of carbonyl (C=O) groups is 1. The third-order valence-corrected chi connectivity index (χ3v) is 8.67. The summed E-state index contributed by atoms with van der Waals surface area (Å²) in [6.07, 6.45) is 10.1. The second-order valence-electron chi connectivity index (χ2n) is 10.0. The number of nitrogens with one attached hydrogen (secondary N) is 1. The summed E-state index contributed by atoms with van der Waals surface area (Å²) < 4.78 is 0. The molecule has 32 heavy (non-hydrogen) atoms. The first kappa shape index (κ1) is 22.6. The van der Waals surface area contributed by atoms with Crippen molar-refractivity contribution in [3.8, 4) is 0 Å². The number of hydrazone groups is 2. The fourth-order valence-electron chi connectivity index (χ4n) is 6.92. The second kappa shape index (κ2) is 9.12. The Hall–Kier alpha value is -2.57. The fraction of sp³-hybridized carbons (Fsp3) is 0.640. The van der Waals surface area contributed by atoms with E-state index >= 15 is 0 Å². The van der Waals surface area contributed by atoms with Gasteiger partial charge in [0.25, 0.3) is 0 Å². The smallest absolute Gasteiger partial charge is 0.192 e. The lowest BCUT2D eigenvalue weighted by molar-refractivity contribution is -0.124. The Kier molecular flexibility index (Phi) is 6.45. The quantitative estimate of drug-likeness (QED) is 0.344. The molecule has 5 N–H and O–H groups in total. The molecule has 0 saturated heterocycles. The van der Waals surface area contributed by atoms with Crippen LogP contribution in [-0.4, -0.2) is 22.7 Å². The number of rotatable bonds is 5. The molecule has 3 aliphatic carbocycles. The van der Waals surface area contributed by atoms with Crippen LogP contribution < -0.4 is 11.7 Å². The van der Waals surface area contributed by atoms with Crippen molar-refractivity contribution < 1.29 is 4.79 Å². The summed E-state index contributed by atoms with van der Waals surface area (Å²) in [5, 5.41) is 12.1. The maximum absolute atomic E-state index is 13.6. The number of benzene rings is 1. The first-order chi connectivity index (χ1) is 15.5. The minimum absolute atomic E-state index is 0.0525. The Bertz CT molecular complexity index is 892. The molecular formula is C25H36N6O. The predicted octanol–water partition coefficient (Wildman–Crippen LogP) is 4.92. The molecule has 0 heterocycles. The first-order valence-corrected chi connectivity index (χ1v) is 12.1. The highest BCUT2D eigenvalue weighted by molar-refractivity contribution is 6.73. The third kappa shape index (κ3) is 3.55. The number of ketones is 1. The highest BCUT2D eigenvalue weighted by atomic mass is 16.1. The van der Waals surface area contributed by atoms with Crippen molar-refractivity contribution in [2.24, 2.45) is 44.3 Å². The number of hydrogen-bond acceptors (Lipinski definition) is 7. The van der Waals surface area contributed by atoms with E-state index in [1.807, 2.05) is 30.3 Å². The van der Waals surface area contributed by atoms with Gasteiger partial charge in [0.1, 0.15) is 0 Å². The van der Waals surface area contributed by atoms with Crippen LogP contribution in [0.25, 0.3) is 0 Å². The molecule has 1 unspecified atom stereocenters. The van der Waals surface area contributed by atoms with Crippen LogP contribution in [0.2, 0.25) is 0 Å². The van der Waals surface area contributed by atoms with Gasteiger partial charge in [-0.05, 0) is 55.9 Å². The van der Waals surface area contributed by atoms with Gasteiger partial charge in [-0.2, -0.15) is 15.3 Å². The van der Waals surface area contributed by atoms with Crippen molar-refractivity contribution in [2.75, 3.05) is 0 Å². The van der Waals surface area contributed by atoms with E-state index in [4.69, 9.17) is 17.2 Å². The van der Waals surface area contributed by atoms with E-state index in [0.717, 1.165) is 37.2 Å². The largest absolute Gasteiger partial charge is 0.323 e. The molecule has 0 bridgehead atoms. The van der Waals surface area contributed by atoms with E-state index in [1.54, 1.807) is 0 Å². The molecule has 0 aromatic heterocycles. The normalized spacial score (nSPS) is 37.9. The summed E-state index contributed by atoms with van der Waals surface area (Å²) in [5.41, 5.74) is 8.83. The van der Waals surface area contributed by atoms with Gasteiger partial charge in [0, 0.05) is 11.3 Å². The van der Waals surface area contributed by atoms with Gasteiger partial charge in [-0.1, -0.05) is 62.9 Å². The van der Waals surface area contributed by atoms with E-state index < -0.39 is 5.41 Å². The zero-order chi connectivity index (χ0) is 22.8. The van der Waals surface area contributed by atoms with Gasteiger partial charge >= 0.3 is 0 Å². The second-order valence-corrected chi connectivity index (χ2v) is 10.0. The van der Waals surface area contributed by atoms with Gasteiger partial charge in [-0.3, -0.25) is 4.79 Å². The summed E-state index contributed by atoms with van der Waals surface area (Å²) >= 11 is 0. The van der Waals surface area contributed by atoms with Gasteiger partial charge in [0.15, 0.2) is 11.5 Å². The SMILES string of the molecule is CCCC1CCC(C2(N=N)CCC3(CC2)C(=O)C(=NN)C(=NN)C3c2ccccc2)CC1. The first-order valence-electron chi connectivity index (χ1n) is 12.1. The van der Waals surface area contributed by atoms with Crippen molar-refractivity contribution in [1.29, 1.82) is 5.53 Å². The van der Waals surface area contributed by atoms with Gasteiger partial charge in [0.2, 0.25) is 0 Å². The molecule has 0 radical (unpaired) electrons. The van der Waals surface area contributed by atoms with Crippen LogP contribution in [0, 0.1) is 22.8 Å². The third-order valence-electron chi connectivity index (χ3n) is 8.67. The Morgan fingerprint density at radius 3 is 2.19 bits per heavy atom. The highest BCUT2D eigenvalue weighted by Gasteiger charge is 2.61. The zero-order valence-corrected chi connectivity index (χ0v) is 19.1. The molecule has 0 aliphatic heterocycles. The van der Waals surface area contributed by atoms with Crippen molar-refractivity contribution in [3.05, 3.63) is 35.9 Å². The number of nitrogens with two attached hydrogens (primary N) is 2. The van der Waals surface area contributed by atoms with Crippen LogP contribution in [0.5, 0.6) is 0 Å². The van der Waals surface area contributed by atoms with Crippen molar-refractivity contribution >= 4 is 17.2 Å². The topological polar surface area (TPSA) is 130 Å². The summed E-state index contributed by atoms with van der Waals surface area (Å²) in [6, 6.07) is 9.95. The Morgan fingerprint density at radius 1 is 1.00 bits per heavy atom. The number of nitrogens with zero attached hydrogens (tertiary/aromatic N) is 3. The predicted molar refractivity (Wildman–Crippen MR) is 127 cm³/mol. The van der Waals surface area contributed by atoms with Crippen LogP contribution in [0.1, 0.15) is 82.6 Å². The maximum Gasteiger partial charge on any atom is 0.192 e. The molecule has 0 amide bonds. The summed E-state index contributed by atoms with van der Waals surface area (Å²) in [4.78, 5) is 13.6. The summed E-state index contributed by atoms with van der Waals surface area (Å²) in [7, 11) is 0. The molecule has 1 aromatic carbocycles. The Balaban J connectivity index is 1.62. The van der Waals surface area contributed by atoms with E-state index in [1.165, 1.54) is 25.7 Å². The lowest BCUT2D eigenvalue weighted by Gasteiger charge is -2.48. The lowest BCUT2D eigenvalue weighted by atomic mass is 9.57. The van der Waals surface area contributed by atoms with Gasteiger partial charge in [0.05, 0.1) is 11.3 Å². The molecule has 3 saturated carbocycles. The van der Waals surface area contributed by atoms with E-state index in [2.05, 4.69) is 22.2 Å². The van der Waals surface area contributed by atoms with Crippen molar-refractivity contribution in [2.45, 2.75) is 82.6 Å². The van der Waals surface area contributed by atoms with Crippen LogP contribution in [0.3, 0.4) is 0 Å². The minimum atomic E-state index is -0.661. The molecule has 1 aromatic rings. The Labute approximate surface area is 190 Å². The van der Waals surface area contributed by atoms with E-state index in [0.29, 0.717) is 24.5 Å². The molecule has 172 valence electrons. The van der Waals surface area contributed by atoms with Gasteiger partial charge in [-0.15, -0.1) is 0 Å². The summed E-state index contributed by atoms with van der Waals surface area (Å²) in [5.74, 6) is 12.3. The number of hydrogen-bond donors (Lipinski definition) is 3. The van der Waals surface area contributed by atoms with E-state index in [9.17, 15) is 4.79 Å². The highest BCUT2D eigenvalue weighted by Crippen LogP contribution is 2.58. The van der Waals surface area contributed by atoms with Gasteiger partial charge < -0.3 is 11.7 Å². The average Bonchev–Trinajstić information content (AvgIpc) is 3.08. The zero-order valence-electron chi connectivity index (χ0n) is 19.1. The van der Waals surface area contributed by atoms with Crippen LogP contribution >= 0.6 is 0 Å². The average molecular weight is 437 g/mol. The number of Topliss-reactive ketones (excluding diaryl/α,β-unsaturated/α-hetero) is 1. The standard InChI is InChI=1S/C25H36N6O/c1-2-6-17-9-11-19(12-10-17)25(31-28)15-13-24(14-16-25)20(18-7-4-3-5-8-18)21(29-26)22(30-27)23(24)32/h3-5,7-8,17,19-20,28H,2,6,9-16,26-27H2,1H3. The molecular weight excluding hydrogens is 400 g/mol. The molecule has 3 aliphatic rings. The van der Waals surface area contributed by atoms with Gasteiger partial charge in [-0.25, -0.2) is 5.53 Å². The maximum atomic E-state index is 13.6. The molecule has 7 nitrogen and oxygen atoms in total. The molecule has 3 fully saturated rings. The Morgan fingerprint density at radius 2 is 1.66 bits per heavy atom. The van der Waals surface area contributed by atoms with Crippen LogP contribution in [-0.2, 0) is 4.79 Å². The molecule has 1 spiro atoms. The molecule has 4 rings (SSSR count). The van der Waals surface area contributed by atoms with Crippen LogP contribution in [0.4, 0.5) is 0 Å². The minimum Gasteiger partial charge on any atom is -0.323 e. The van der Waals surface area contributed by atoms with E-state index in [-0.39, 0.29) is 23.0 Å². The lowest BCUT2D eigenvalue weighted by Crippen LogP contribution is -2.47. The molecule has 1 atom stereocenters.